The Morgan fingerprint density at radius 3 is 2.85 bits per heavy atom. The highest BCUT2D eigenvalue weighted by Crippen LogP contribution is 2.32. The van der Waals surface area contributed by atoms with Crippen molar-refractivity contribution < 1.29 is 19.0 Å². The molecule has 0 aromatic carbocycles. The Morgan fingerprint density at radius 1 is 1.50 bits per heavy atom. The average Bonchev–Trinajstić information content (AvgIpc) is 2.61. The van der Waals surface area contributed by atoms with Gasteiger partial charge in [0.25, 0.3) is 0 Å². The molecule has 0 unspecified atom stereocenters. The second-order valence-electron chi connectivity index (χ2n) is 6.75. The second-order valence-corrected chi connectivity index (χ2v) is 6.75. The molecule has 2 atom stereocenters. The summed E-state index contributed by atoms with van der Waals surface area (Å²) < 4.78 is 17.0. The predicted molar refractivity (Wildman–Crippen MR) is 74.5 cm³/mol. The number of rotatable bonds is 1. The number of ether oxygens (including phenoxy) is 3. The third-order valence-corrected chi connectivity index (χ3v) is 3.62. The van der Waals surface area contributed by atoms with Crippen LogP contribution in [-0.4, -0.2) is 61.7 Å². The minimum absolute atomic E-state index is 0.304. The Balaban J connectivity index is 2.02. The number of hydrogen-bond donors (Lipinski definition) is 1. The molecule has 2 rings (SSSR count). The fourth-order valence-electron chi connectivity index (χ4n) is 2.69. The summed E-state index contributed by atoms with van der Waals surface area (Å²) in [4.78, 5) is 13.9. The fourth-order valence-corrected chi connectivity index (χ4v) is 2.69. The third kappa shape index (κ3) is 3.84. The van der Waals surface area contributed by atoms with Crippen LogP contribution >= 0.6 is 0 Å². The molecule has 2 saturated heterocycles. The van der Waals surface area contributed by atoms with Gasteiger partial charge in [-0.25, -0.2) is 4.79 Å². The third-order valence-electron chi connectivity index (χ3n) is 3.62. The minimum Gasteiger partial charge on any atom is -0.444 e. The number of nitrogens with zero attached hydrogens (tertiary/aromatic N) is 1. The van der Waals surface area contributed by atoms with Crippen molar-refractivity contribution in [2.45, 2.75) is 38.4 Å². The molecule has 0 aromatic heterocycles. The van der Waals surface area contributed by atoms with Crippen LogP contribution in [0, 0.1) is 5.92 Å². The van der Waals surface area contributed by atoms with Crippen molar-refractivity contribution in [1.82, 2.24) is 4.90 Å². The van der Waals surface area contributed by atoms with Crippen LogP contribution in [0.5, 0.6) is 0 Å². The van der Waals surface area contributed by atoms with Crippen molar-refractivity contribution in [2.75, 3.05) is 39.5 Å². The van der Waals surface area contributed by atoms with Gasteiger partial charge in [0.15, 0.2) is 0 Å². The Bertz CT molecular complexity index is 356. The van der Waals surface area contributed by atoms with E-state index in [0.717, 1.165) is 6.42 Å². The van der Waals surface area contributed by atoms with Gasteiger partial charge in [0.1, 0.15) is 11.2 Å². The maximum absolute atomic E-state index is 12.2. The van der Waals surface area contributed by atoms with E-state index in [9.17, 15) is 4.79 Å². The summed E-state index contributed by atoms with van der Waals surface area (Å²) in [6.45, 7) is 8.92. The predicted octanol–water partition coefficient (Wildman–Crippen LogP) is 0.988. The maximum Gasteiger partial charge on any atom is 0.410 e. The fraction of sp³-hybridized carbons (Fsp3) is 0.929. The van der Waals surface area contributed by atoms with Gasteiger partial charge in [-0.05, 0) is 39.7 Å². The van der Waals surface area contributed by atoms with E-state index in [1.54, 1.807) is 4.90 Å². The highest BCUT2D eigenvalue weighted by molar-refractivity contribution is 5.68. The number of nitrogens with two attached hydrogens (primary N) is 1. The smallest absolute Gasteiger partial charge is 0.410 e. The number of carbonyl (C=O) groups is 1. The summed E-state index contributed by atoms with van der Waals surface area (Å²) in [5.41, 5.74) is 4.80. The SMILES string of the molecule is CC(C)(C)OC(=O)N1CCOC[C@]2(C[C@@H](CN)CO2)C1. The largest absolute Gasteiger partial charge is 0.444 e. The van der Waals surface area contributed by atoms with Crippen molar-refractivity contribution >= 4 is 6.09 Å². The maximum atomic E-state index is 12.2. The summed E-state index contributed by atoms with van der Waals surface area (Å²) in [5.74, 6) is 0.345. The highest BCUT2D eigenvalue weighted by atomic mass is 16.6. The normalized spacial score (nSPS) is 31.4. The van der Waals surface area contributed by atoms with E-state index in [0.29, 0.717) is 45.4 Å². The van der Waals surface area contributed by atoms with E-state index in [-0.39, 0.29) is 6.09 Å². The van der Waals surface area contributed by atoms with E-state index < -0.39 is 11.2 Å². The van der Waals surface area contributed by atoms with Crippen LogP contribution in [0.4, 0.5) is 4.79 Å². The first-order valence-corrected chi connectivity index (χ1v) is 7.23. The molecular weight excluding hydrogens is 260 g/mol. The molecule has 6 nitrogen and oxygen atoms in total. The summed E-state index contributed by atoms with van der Waals surface area (Å²) in [7, 11) is 0. The van der Waals surface area contributed by atoms with Gasteiger partial charge >= 0.3 is 6.09 Å². The van der Waals surface area contributed by atoms with Crippen LogP contribution in [0.15, 0.2) is 0 Å². The van der Waals surface area contributed by atoms with Crippen molar-refractivity contribution in [2.24, 2.45) is 11.7 Å². The number of carbonyl (C=O) groups excluding carboxylic acids is 1. The summed E-state index contributed by atoms with van der Waals surface area (Å²) >= 11 is 0. The summed E-state index contributed by atoms with van der Waals surface area (Å²) in [5, 5.41) is 0. The van der Waals surface area contributed by atoms with Gasteiger partial charge in [-0.2, -0.15) is 0 Å². The van der Waals surface area contributed by atoms with Crippen molar-refractivity contribution in [3.05, 3.63) is 0 Å². The molecule has 2 heterocycles. The molecule has 0 bridgehead atoms. The zero-order valence-corrected chi connectivity index (χ0v) is 12.7. The molecule has 6 heteroatoms. The van der Waals surface area contributed by atoms with Crippen LogP contribution in [0.3, 0.4) is 0 Å². The first kappa shape index (κ1) is 15.5. The molecule has 1 amide bonds. The molecule has 2 N–H and O–H groups in total. The van der Waals surface area contributed by atoms with Crippen molar-refractivity contribution in [1.29, 1.82) is 0 Å². The molecule has 0 aromatic rings. The summed E-state index contributed by atoms with van der Waals surface area (Å²) in [6, 6.07) is 0. The topological polar surface area (TPSA) is 74.0 Å². The van der Waals surface area contributed by atoms with Gasteiger partial charge in [-0.15, -0.1) is 0 Å². The Kier molecular flexibility index (Phi) is 4.56. The first-order chi connectivity index (χ1) is 9.34. The number of amides is 1. The molecule has 1 spiro atoms. The van der Waals surface area contributed by atoms with Crippen LogP contribution in [0.2, 0.25) is 0 Å². The van der Waals surface area contributed by atoms with E-state index in [2.05, 4.69) is 0 Å². The van der Waals surface area contributed by atoms with E-state index in [4.69, 9.17) is 19.9 Å². The van der Waals surface area contributed by atoms with E-state index in [1.165, 1.54) is 0 Å². The lowest BCUT2D eigenvalue weighted by molar-refractivity contribution is -0.0575. The molecule has 0 aliphatic carbocycles. The van der Waals surface area contributed by atoms with E-state index >= 15 is 0 Å². The molecule has 2 aliphatic heterocycles. The zero-order valence-electron chi connectivity index (χ0n) is 12.7. The molecule has 116 valence electrons. The molecule has 2 aliphatic rings. The quantitative estimate of drug-likeness (QED) is 0.778. The Morgan fingerprint density at radius 2 is 2.25 bits per heavy atom. The van der Waals surface area contributed by atoms with Gasteiger partial charge in [-0.1, -0.05) is 0 Å². The van der Waals surface area contributed by atoms with Crippen LogP contribution in [-0.2, 0) is 14.2 Å². The number of hydrogen-bond acceptors (Lipinski definition) is 5. The lowest BCUT2D eigenvalue weighted by atomic mass is 9.94. The van der Waals surface area contributed by atoms with Gasteiger partial charge in [0, 0.05) is 6.54 Å². The van der Waals surface area contributed by atoms with Gasteiger partial charge in [0.2, 0.25) is 0 Å². The molecule has 0 radical (unpaired) electrons. The van der Waals surface area contributed by atoms with E-state index in [1.807, 2.05) is 20.8 Å². The van der Waals surface area contributed by atoms with Crippen LogP contribution < -0.4 is 5.73 Å². The highest BCUT2D eigenvalue weighted by Gasteiger charge is 2.44. The van der Waals surface area contributed by atoms with Crippen LogP contribution in [0.25, 0.3) is 0 Å². The Labute approximate surface area is 120 Å². The second kappa shape index (κ2) is 5.87. The zero-order chi connectivity index (χ0) is 14.8. The molecule has 2 fully saturated rings. The minimum atomic E-state index is -0.492. The van der Waals surface area contributed by atoms with Gasteiger partial charge < -0.3 is 24.8 Å². The van der Waals surface area contributed by atoms with Crippen LogP contribution in [0.1, 0.15) is 27.2 Å². The van der Waals surface area contributed by atoms with Crippen molar-refractivity contribution in [3.8, 4) is 0 Å². The van der Waals surface area contributed by atoms with Gasteiger partial charge in [-0.3, -0.25) is 0 Å². The monoisotopic (exact) mass is 286 g/mol. The molecule has 0 saturated carbocycles. The lowest BCUT2D eigenvalue weighted by Gasteiger charge is -2.32. The molecule has 20 heavy (non-hydrogen) atoms. The average molecular weight is 286 g/mol. The Hall–Kier alpha value is -0.850. The molecular formula is C14H26N2O4. The van der Waals surface area contributed by atoms with Gasteiger partial charge in [0.05, 0.1) is 26.4 Å². The van der Waals surface area contributed by atoms with Crippen molar-refractivity contribution in [3.63, 3.8) is 0 Å². The first-order valence-electron chi connectivity index (χ1n) is 7.23. The standard InChI is InChI=1S/C14H26N2O4/c1-13(2,3)20-12(17)16-4-5-18-10-14(9-16)6-11(7-15)8-19-14/h11H,4-10,15H2,1-3H3/t11-,14-/m0/s1. The lowest BCUT2D eigenvalue weighted by Crippen LogP contribution is -2.47. The summed E-state index contributed by atoms with van der Waals surface area (Å²) in [6.07, 6.45) is 0.533.